The number of amides is 1. The molecule has 0 saturated heterocycles. The van der Waals surface area contributed by atoms with E-state index in [0.29, 0.717) is 50.7 Å². The topological polar surface area (TPSA) is 89.4 Å². The second kappa shape index (κ2) is 15.0. The predicted octanol–water partition coefficient (Wildman–Crippen LogP) is 6.40. The summed E-state index contributed by atoms with van der Waals surface area (Å²) in [6.45, 7) is 5.51. The van der Waals surface area contributed by atoms with Crippen molar-refractivity contribution in [3.63, 3.8) is 0 Å². The number of aliphatic imine (C=N–C) groups is 1. The minimum Gasteiger partial charge on any atom is -0.494 e. The molecule has 41 heavy (non-hydrogen) atoms. The largest absolute Gasteiger partial charge is 0.494 e. The molecule has 2 atom stereocenters. The highest BCUT2D eigenvalue weighted by Gasteiger charge is 2.53. The predicted molar refractivity (Wildman–Crippen MR) is 167 cm³/mol. The van der Waals surface area contributed by atoms with Crippen molar-refractivity contribution in [1.29, 1.82) is 0 Å². The van der Waals surface area contributed by atoms with E-state index >= 15 is 0 Å². The van der Waals surface area contributed by atoms with Crippen LogP contribution in [0.3, 0.4) is 0 Å². The Morgan fingerprint density at radius 1 is 1.02 bits per heavy atom. The van der Waals surface area contributed by atoms with E-state index in [0.717, 1.165) is 25.6 Å². The third-order valence-electron chi connectivity index (χ3n) is 6.66. The molecule has 3 aromatic carbocycles. The quantitative estimate of drug-likeness (QED) is 0.192. The van der Waals surface area contributed by atoms with E-state index in [4.69, 9.17) is 24.3 Å². The summed E-state index contributed by atoms with van der Waals surface area (Å²) in [5.74, 6) is 0.873. The highest BCUT2D eigenvalue weighted by molar-refractivity contribution is 9.10. The molecule has 0 aromatic heterocycles. The van der Waals surface area contributed by atoms with Crippen molar-refractivity contribution >= 4 is 43.7 Å². The maximum Gasteiger partial charge on any atom is 0.252 e. The number of halogens is 2. The number of nitrogens with zero attached hydrogens (tertiary/aromatic N) is 1. The first-order valence-electron chi connectivity index (χ1n) is 13.8. The summed E-state index contributed by atoms with van der Waals surface area (Å²) in [5.41, 5.74) is 1.28. The number of aliphatic hydroxyl groups is 1. The molecule has 0 unspecified atom stereocenters. The lowest BCUT2D eigenvalue weighted by molar-refractivity contribution is -0.129. The Morgan fingerprint density at radius 3 is 2.44 bits per heavy atom. The van der Waals surface area contributed by atoms with Crippen LogP contribution in [0.15, 0.2) is 86.7 Å². The van der Waals surface area contributed by atoms with Crippen molar-refractivity contribution in [2.75, 3.05) is 26.4 Å². The molecule has 4 rings (SSSR count). The normalized spacial score (nSPS) is 18.2. The van der Waals surface area contributed by atoms with E-state index in [1.165, 1.54) is 0 Å². The van der Waals surface area contributed by atoms with Gasteiger partial charge in [0.15, 0.2) is 11.6 Å². The van der Waals surface area contributed by atoms with Gasteiger partial charge in [0, 0.05) is 52.7 Å². The van der Waals surface area contributed by atoms with Gasteiger partial charge in [-0.15, -0.1) is 0 Å². The molecular weight excluding hydrogens is 652 g/mol. The average Bonchev–Trinajstić information content (AvgIpc) is 3.34. The van der Waals surface area contributed by atoms with Crippen molar-refractivity contribution in [2.45, 2.75) is 50.9 Å². The molecule has 0 fully saturated rings. The fourth-order valence-electron chi connectivity index (χ4n) is 4.61. The van der Waals surface area contributed by atoms with Gasteiger partial charge < -0.3 is 24.6 Å². The van der Waals surface area contributed by atoms with Crippen LogP contribution >= 0.6 is 31.9 Å². The van der Waals surface area contributed by atoms with Gasteiger partial charge in [0.25, 0.3) is 5.91 Å². The van der Waals surface area contributed by atoms with E-state index in [2.05, 4.69) is 37.2 Å². The lowest BCUT2D eigenvalue weighted by Gasteiger charge is -2.31. The van der Waals surface area contributed by atoms with Crippen molar-refractivity contribution < 1.29 is 24.1 Å². The molecule has 3 aromatic rings. The Balaban J connectivity index is 1.71. The zero-order valence-electron chi connectivity index (χ0n) is 23.3. The summed E-state index contributed by atoms with van der Waals surface area (Å²) in [6, 6.07) is 23.1. The van der Waals surface area contributed by atoms with Crippen LogP contribution in [0, 0.1) is 0 Å². The molecule has 9 heteroatoms. The summed E-state index contributed by atoms with van der Waals surface area (Å²) in [6.07, 6.45) is 1.04. The molecular formula is C32H36Br2N2O5. The van der Waals surface area contributed by atoms with E-state index < -0.39 is 11.6 Å². The Bertz CT molecular complexity index is 1310. The van der Waals surface area contributed by atoms with Crippen LogP contribution in [-0.4, -0.2) is 54.9 Å². The first-order valence-corrected chi connectivity index (χ1v) is 15.4. The summed E-state index contributed by atoms with van der Waals surface area (Å²) in [4.78, 5) is 19.3. The van der Waals surface area contributed by atoms with Gasteiger partial charge in [-0.2, -0.15) is 0 Å². The number of rotatable bonds is 14. The van der Waals surface area contributed by atoms with Crippen LogP contribution in [0.2, 0.25) is 0 Å². The standard InChI is InChI=1S/C32H36Br2N2O5/c1-22(2)39-19-5-17-35-31(38)32(21-23-9-13-25(33)14-10-23)29(27-7-3-4-8-28(27)34)41-30(36-32)24-11-15-26(16-12-24)40-20-6-18-37/h3-4,7-16,22,29,37H,5-6,17-21H2,1-2H3,(H,35,38)/t29-,32-/m1/s1. The van der Waals surface area contributed by atoms with E-state index in [1.54, 1.807) is 0 Å². The van der Waals surface area contributed by atoms with Gasteiger partial charge in [0.2, 0.25) is 5.90 Å². The molecule has 7 nitrogen and oxygen atoms in total. The van der Waals surface area contributed by atoms with Gasteiger partial charge in [0.1, 0.15) is 5.75 Å². The molecule has 1 aliphatic heterocycles. The van der Waals surface area contributed by atoms with Crippen LogP contribution in [0.5, 0.6) is 5.75 Å². The Morgan fingerprint density at radius 2 is 1.76 bits per heavy atom. The first-order chi connectivity index (χ1) is 19.8. The third-order valence-corrected chi connectivity index (χ3v) is 7.91. The molecule has 218 valence electrons. The Hall–Kier alpha value is -2.72. The molecule has 0 saturated carbocycles. The molecule has 0 bridgehead atoms. The molecule has 1 amide bonds. The van der Waals surface area contributed by atoms with Gasteiger partial charge in [-0.25, -0.2) is 4.99 Å². The van der Waals surface area contributed by atoms with E-state index in [9.17, 15) is 4.79 Å². The molecule has 1 heterocycles. The number of benzene rings is 3. The lowest BCUT2D eigenvalue weighted by atomic mass is 9.82. The van der Waals surface area contributed by atoms with Crippen LogP contribution in [0.1, 0.15) is 49.5 Å². The van der Waals surface area contributed by atoms with Crippen LogP contribution in [0.4, 0.5) is 0 Å². The van der Waals surface area contributed by atoms with Crippen molar-refractivity contribution in [3.05, 3.63) is 98.4 Å². The SMILES string of the molecule is CC(C)OCCCNC(=O)[C@]1(Cc2ccc(Br)cc2)N=C(c2ccc(OCCCO)cc2)O[C@@H]1c1ccccc1Br. The van der Waals surface area contributed by atoms with Crippen molar-refractivity contribution in [2.24, 2.45) is 4.99 Å². The maximum atomic E-state index is 14.2. The zero-order chi connectivity index (χ0) is 29.2. The van der Waals surface area contributed by atoms with Gasteiger partial charge in [-0.3, -0.25) is 4.79 Å². The smallest absolute Gasteiger partial charge is 0.252 e. The number of carbonyl (C=O) groups is 1. The van der Waals surface area contributed by atoms with Crippen LogP contribution < -0.4 is 10.1 Å². The Kier molecular flexibility index (Phi) is 11.4. The minimum atomic E-state index is -1.26. The average molecular weight is 688 g/mol. The molecule has 0 spiro atoms. The minimum absolute atomic E-state index is 0.0758. The number of nitrogens with one attached hydrogen (secondary N) is 1. The fourth-order valence-corrected chi connectivity index (χ4v) is 5.36. The number of hydrogen-bond donors (Lipinski definition) is 2. The highest BCUT2D eigenvalue weighted by Crippen LogP contribution is 2.44. The lowest BCUT2D eigenvalue weighted by Crippen LogP contribution is -2.50. The molecule has 0 radical (unpaired) electrons. The first kappa shape index (κ1) is 31.2. The number of ether oxygens (including phenoxy) is 3. The fraction of sp³-hybridized carbons (Fsp3) is 0.375. The third kappa shape index (κ3) is 8.19. The summed E-state index contributed by atoms with van der Waals surface area (Å²) in [7, 11) is 0. The van der Waals surface area contributed by atoms with E-state index in [1.807, 2.05) is 86.6 Å². The number of hydrogen-bond acceptors (Lipinski definition) is 6. The van der Waals surface area contributed by atoms with E-state index in [-0.39, 0.29) is 18.6 Å². The highest BCUT2D eigenvalue weighted by atomic mass is 79.9. The van der Waals surface area contributed by atoms with Crippen molar-refractivity contribution in [3.8, 4) is 5.75 Å². The second-order valence-corrected chi connectivity index (χ2v) is 11.9. The van der Waals surface area contributed by atoms with Gasteiger partial charge in [0.05, 0.1) is 12.7 Å². The second-order valence-electron chi connectivity index (χ2n) is 10.1. The molecule has 0 aliphatic carbocycles. The van der Waals surface area contributed by atoms with Gasteiger partial charge in [-0.05, 0) is 68.3 Å². The number of carbonyl (C=O) groups excluding carboxylic acids is 1. The van der Waals surface area contributed by atoms with Gasteiger partial charge >= 0.3 is 0 Å². The monoisotopic (exact) mass is 686 g/mol. The summed E-state index contributed by atoms with van der Waals surface area (Å²) < 4.78 is 19.8. The number of aliphatic hydroxyl groups excluding tert-OH is 1. The van der Waals surface area contributed by atoms with Crippen LogP contribution in [0.25, 0.3) is 0 Å². The van der Waals surface area contributed by atoms with Crippen LogP contribution in [-0.2, 0) is 20.7 Å². The summed E-state index contributed by atoms with van der Waals surface area (Å²) in [5, 5.41) is 12.2. The zero-order valence-corrected chi connectivity index (χ0v) is 26.5. The maximum absolute atomic E-state index is 14.2. The Labute approximate surface area is 258 Å². The van der Waals surface area contributed by atoms with Gasteiger partial charge in [-0.1, -0.05) is 62.2 Å². The molecule has 1 aliphatic rings. The molecule has 2 N–H and O–H groups in total. The summed E-state index contributed by atoms with van der Waals surface area (Å²) >= 11 is 7.20. The van der Waals surface area contributed by atoms with Crippen molar-refractivity contribution in [1.82, 2.24) is 5.32 Å².